The van der Waals surface area contributed by atoms with Crippen LogP contribution < -0.4 is 5.32 Å². The lowest BCUT2D eigenvalue weighted by atomic mass is 10.0. The second kappa shape index (κ2) is 10.5. The fourth-order valence-electron chi connectivity index (χ4n) is 4.69. The molecule has 1 aliphatic carbocycles. The first kappa shape index (κ1) is 23.4. The molecule has 1 N–H and O–H groups in total. The van der Waals surface area contributed by atoms with Gasteiger partial charge in [-0.25, -0.2) is 9.97 Å². The Balaban J connectivity index is 1.23. The van der Waals surface area contributed by atoms with Crippen molar-refractivity contribution in [1.29, 1.82) is 0 Å². The maximum absolute atomic E-state index is 13.1. The van der Waals surface area contributed by atoms with Gasteiger partial charge in [-0.05, 0) is 71.2 Å². The molecule has 37 heavy (non-hydrogen) atoms. The van der Waals surface area contributed by atoms with Crippen molar-refractivity contribution in [2.24, 2.45) is 0 Å². The van der Waals surface area contributed by atoms with Gasteiger partial charge in [-0.3, -0.25) is 4.79 Å². The summed E-state index contributed by atoms with van der Waals surface area (Å²) in [6, 6.07) is 29.5. The van der Waals surface area contributed by atoms with Crippen molar-refractivity contribution in [1.82, 2.24) is 14.9 Å². The molecular weight excluding hydrogens is 476 g/mol. The molecule has 0 radical (unpaired) electrons. The smallest absolute Gasteiger partial charge is 0.264 e. The molecule has 1 aliphatic rings. The standard InChI is InChI=1S/C31H28N4OS/c36-31(29-10-5-17-37-29)35(26-12-13-26)20-23-8-4-9-24(18-23)25-11-14-28-27(19-25)30(34-21-33-28)32-16-15-22-6-2-1-3-7-22/h1-11,14,17-19,21,26H,12-13,15-16,20H2,(H,32,33,34). The van der Waals surface area contributed by atoms with E-state index < -0.39 is 0 Å². The predicted molar refractivity (Wildman–Crippen MR) is 151 cm³/mol. The lowest BCUT2D eigenvalue weighted by molar-refractivity contribution is 0.0735. The molecule has 1 amide bonds. The van der Waals surface area contributed by atoms with Crippen molar-refractivity contribution in [2.45, 2.75) is 31.8 Å². The van der Waals surface area contributed by atoms with Crippen LogP contribution in [-0.2, 0) is 13.0 Å². The molecule has 6 heteroatoms. The summed E-state index contributed by atoms with van der Waals surface area (Å²) >= 11 is 1.51. The number of carbonyl (C=O) groups excluding carboxylic acids is 1. The van der Waals surface area contributed by atoms with Gasteiger partial charge in [0.05, 0.1) is 10.4 Å². The van der Waals surface area contributed by atoms with Crippen molar-refractivity contribution in [3.05, 3.63) is 113 Å². The summed E-state index contributed by atoms with van der Waals surface area (Å²) in [4.78, 5) is 25.0. The fourth-order valence-corrected chi connectivity index (χ4v) is 5.37. The third kappa shape index (κ3) is 5.39. The average Bonchev–Trinajstić information content (AvgIpc) is 3.64. The maximum Gasteiger partial charge on any atom is 0.264 e. The first-order valence-electron chi connectivity index (χ1n) is 12.7. The molecule has 0 unspecified atom stereocenters. The summed E-state index contributed by atoms with van der Waals surface area (Å²) in [5, 5.41) is 6.47. The number of hydrogen-bond acceptors (Lipinski definition) is 5. The molecule has 1 fully saturated rings. The average molecular weight is 505 g/mol. The van der Waals surface area contributed by atoms with Crippen molar-refractivity contribution >= 4 is 34.0 Å². The number of thiophene rings is 1. The van der Waals surface area contributed by atoms with E-state index in [1.54, 1.807) is 6.33 Å². The Kier molecular flexibility index (Phi) is 6.65. The Bertz CT molecular complexity index is 1510. The number of rotatable bonds is 9. The summed E-state index contributed by atoms with van der Waals surface area (Å²) in [7, 11) is 0. The van der Waals surface area contributed by atoms with E-state index in [1.165, 1.54) is 16.9 Å². The second-order valence-corrected chi connectivity index (χ2v) is 10.4. The van der Waals surface area contributed by atoms with Crippen LogP contribution in [-0.4, -0.2) is 33.4 Å². The van der Waals surface area contributed by atoms with Gasteiger partial charge in [0.2, 0.25) is 0 Å². The van der Waals surface area contributed by atoms with Gasteiger partial charge < -0.3 is 10.2 Å². The Morgan fingerprint density at radius 3 is 2.54 bits per heavy atom. The minimum atomic E-state index is 0.136. The quantitative estimate of drug-likeness (QED) is 0.239. The number of nitrogens with one attached hydrogen (secondary N) is 1. The highest BCUT2D eigenvalue weighted by Crippen LogP contribution is 2.32. The van der Waals surface area contributed by atoms with Gasteiger partial charge >= 0.3 is 0 Å². The lowest BCUT2D eigenvalue weighted by Gasteiger charge is -2.22. The van der Waals surface area contributed by atoms with Crippen LogP contribution >= 0.6 is 11.3 Å². The second-order valence-electron chi connectivity index (χ2n) is 9.46. The number of nitrogens with zero attached hydrogens (tertiary/aromatic N) is 3. The summed E-state index contributed by atoms with van der Waals surface area (Å²) in [5.74, 6) is 0.984. The molecule has 6 rings (SSSR count). The van der Waals surface area contributed by atoms with Gasteiger partial charge in [0, 0.05) is 24.5 Å². The van der Waals surface area contributed by atoms with Crippen molar-refractivity contribution in [2.75, 3.05) is 11.9 Å². The minimum Gasteiger partial charge on any atom is -0.369 e. The third-order valence-electron chi connectivity index (χ3n) is 6.78. The Morgan fingerprint density at radius 1 is 0.892 bits per heavy atom. The largest absolute Gasteiger partial charge is 0.369 e. The normalized spacial score (nSPS) is 13.0. The van der Waals surface area contributed by atoms with Gasteiger partial charge in [-0.2, -0.15) is 0 Å². The van der Waals surface area contributed by atoms with Crippen LogP contribution in [0.2, 0.25) is 0 Å². The zero-order chi connectivity index (χ0) is 25.0. The number of hydrogen-bond donors (Lipinski definition) is 1. The summed E-state index contributed by atoms with van der Waals surface area (Å²) in [6.07, 6.45) is 4.71. The Hall–Kier alpha value is -4.03. The number of carbonyl (C=O) groups is 1. The van der Waals surface area contributed by atoms with E-state index in [4.69, 9.17) is 0 Å². The number of amides is 1. The Labute approximate surface area is 220 Å². The van der Waals surface area contributed by atoms with Gasteiger partial charge in [-0.15, -0.1) is 11.3 Å². The highest BCUT2D eigenvalue weighted by atomic mass is 32.1. The van der Waals surface area contributed by atoms with Crippen molar-refractivity contribution in [3.63, 3.8) is 0 Å². The van der Waals surface area contributed by atoms with E-state index in [9.17, 15) is 4.79 Å². The topological polar surface area (TPSA) is 58.1 Å². The van der Waals surface area contributed by atoms with Crippen LogP contribution in [0.4, 0.5) is 5.82 Å². The number of fused-ring (bicyclic) bond motifs is 1. The van der Waals surface area contributed by atoms with E-state index in [1.807, 2.05) is 28.5 Å². The van der Waals surface area contributed by atoms with E-state index in [2.05, 4.69) is 82.0 Å². The highest BCUT2D eigenvalue weighted by molar-refractivity contribution is 7.12. The van der Waals surface area contributed by atoms with Crippen LogP contribution in [0, 0.1) is 0 Å². The van der Waals surface area contributed by atoms with Crippen molar-refractivity contribution in [3.8, 4) is 11.1 Å². The van der Waals surface area contributed by atoms with Gasteiger partial charge in [0.1, 0.15) is 12.1 Å². The highest BCUT2D eigenvalue weighted by Gasteiger charge is 2.33. The summed E-state index contributed by atoms with van der Waals surface area (Å²) < 4.78 is 0. The molecule has 2 aromatic heterocycles. The number of aromatic nitrogens is 2. The molecule has 184 valence electrons. The molecule has 5 aromatic rings. The number of benzene rings is 3. The molecule has 1 saturated carbocycles. The summed E-state index contributed by atoms with van der Waals surface area (Å²) in [6.45, 7) is 1.42. The zero-order valence-electron chi connectivity index (χ0n) is 20.5. The monoisotopic (exact) mass is 504 g/mol. The molecule has 0 spiro atoms. The van der Waals surface area contributed by atoms with E-state index >= 15 is 0 Å². The molecule has 2 heterocycles. The lowest BCUT2D eigenvalue weighted by Crippen LogP contribution is -2.32. The third-order valence-corrected chi connectivity index (χ3v) is 7.64. The molecule has 3 aromatic carbocycles. The van der Waals surface area contributed by atoms with Gasteiger partial charge in [0.25, 0.3) is 5.91 Å². The first-order valence-corrected chi connectivity index (χ1v) is 13.6. The van der Waals surface area contributed by atoms with Crippen LogP contribution in [0.15, 0.2) is 96.6 Å². The SMILES string of the molecule is O=C(c1cccs1)N(Cc1cccc(-c2ccc3ncnc(NCCc4ccccc4)c3c2)c1)C1CC1. The van der Waals surface area contributed by atoms with Gasteiger partial charge in [0.15, 0.2) is 0 Å². The maximum atomic E-state index is 13.1. The molecule has 5 nitrogen and oxygen atoms in total. The van der Waals surface area contributed by atoms with E-state index in [-0.39, 0.29) is 5.91 Å². The molecule has 0 saturated heterocycles. The molecule has 0 aliphatic heterocycles. The minimum absolute atomic E-state index is 0.136. The molecule has 0 bridgehead atoms. The van der Waals surface area contributed by atoms with E-state index in [0.717, 1.165) is 64.1 Å². The number of anilines is 1. The van der Waals surface area contributed by atoms with Crippen LogP contribution in [0.3, 0.4) is 0 Å². The molecule has 0 atom stereocenters. The van der Waals surface area contributed by atoms with Crippen LogP contribution in [0.5, 0.6) is 0 Å². The Morgan fingerprint density at radius 2 is 1.73 bits per heavy atom. The van der Waals surface area contributed by atoms with Crippen molar-refractivity contribution < 1.29 is 4.79 Å². The predicted octanol–water partition coefficient (Wildman–Crippen LogP) is 6.82. The van der Waals surface area contributed by atoms with Crippen LogP contribution in [0.1, 0.15) is 33.6 Å². The van der Waals surface area contributed by atoms with Crippen LogP contribution in [0.25, 0.3) is 22.0 Å². The fraction of sp³-hybridized carbons (Fsp3) is 0.194. The summed E-state index contributed by atoms with van der Waals surface area (Å²) in [5.41, 5.74) is 5.58. The molecular formula is C31H28N4OS. The zero-order valence-corrected chi connectivity index (χ0v) is 21.3. The van der Waals surface area contributed by atoms with E-state index in [0.29, 0.717) is 12.6 Å². The first-order chi connectivity index (χ1) is 18.2. The van der Waals surface area contributed by atoms with Gasteiger partial charge in [-0.1, -0.05) is 60.7 Å².